The predicted octanol–water partition coefficient (Wildman–Crippen LogP) is 2.45. The van der Waals surface area contributed by atoms with Crippen LogP contribution in [0.2, 0.25) is 0 Å². The third kappa shape index (κ3) is 3.77. The number of piperidine rings is 1. The maximum absolute atomic E-state index is 13.8. The van der Waals surface area contributed by atoms with Crippen molar-refractivity contribution >= 4 is 5.97 Å². The van der Waals surface area contributed by atoms with Crippen LogP contribution in [0.15, 0.2) is 24.3 Å². The second kappa shape index (κ2) is 6.81. The summed E-state index contributed by atoms with van der Waals surface area (Å²) in [7, 11) is 0. The van der Waals surface area contributed by atoms with Gasteiger partial charge in [-0.25, -0.2) is 9.18 Å². The Morgan fingerprint density at radius 2 is 2.10 bits per heavy atom. The zero-order valence-corrected chi connectivity index (χ0v) is 11.6. The summed E-state index contributed by atoms with van der Waals surface area (Å²) < 4.78 is 19.1. The average Bonchev–Trinajstić information content (AvgIpc) is 2.45. The Morgan fingerprint density at radius 3 is 2.70 bits per heavy atom. The lowest BCUT2D eigenvalue weighted by atomic mass is 10.0. The van der Waals surface area contributed by atoms with Crippen molar-refractivity contribution in [2.75, 3.05) is 19.7 Å². The lowest BCUT2D eigenvalue weighted by Gasteiger charge is -2.36. The van der Waals surface area contributed by atoms with Gasteiger partial charge in [0.1, 0.15) is 12.4 Å². The van der Waals surface area contributed by atoms with Crippen LogP contribution in [0.5, 0.6) is 0 Å². The van der Waals surface area contributed by atoms with Gasteiger partial charge in [0.2, 0.25) is 0 Å². The molecule has 0 saturated carbocycles. The lowest BCUT2D eigenvalue weighted by Crippen LogP contribution is -2.39. The molecule has 1 atom stereocenters. The second-order valence-electron chi connectivity index (χ2n) is 5.14. The molecule has 0 amide bonds. The number of rotatable bonds is 5. The number of carboxylic acid groups (broad SMARTS) is 1. The number of ether oxygens (including phenoxy) is 1. The third-order valence-corrected chi connectivity index (χ3v) is 3.82. The number of benzene rings is 1. The van der Waals surface area contributed by atoms with Crippen molar-refractivity contribution in [2.24, 2.45) is 0 Å². The third-order valence-electron chi connectivity index (χ3n) is 3.82. The molecule has 5 heteroatoms. The first-order valence-corrected chi connectivity index (χ1v) is 6.90. The Labute approximate surface area is 118 Å². The first kappa shape index (κ1) is 14.9. The summed E-state index contributed by atoms with van der Waals surface area (Å²) in [5.74, 6) is -1.11. The minimum atomic E-state index is -0.938. The summed E-state index contributed by atoms with van der Waals surface area (Å²) >= 11 is 0. The van der Waals surface area contributed by atoms with Crippen molar-refractivity contribution in [1.29, 1.82) is 0 Å². The molecule has 1 unspecified atom stereocenters. The van der Waals surface area contributed by atoms with Gasteiger partial charge in [0.05, 0.1) is 6.10 Å². The fourth-order valence-corrected chi connectivity index (χ4v) is 2.63. The summed E-state index contributed by atoms with van der Waals surface area (Å²) in [6.45, 7) is 3.34. The molecule has 1 N–H and O–H groups in total. The highest BCUT2D eigenvalue weighted by Crippen LogP contribution is 2.26. The molecule has 0 aromatic heterocycles. The van der Waals surface area contributed by atoms with Crippen LogP contribution >= 0.6 is 0 Å². The molecule has 1 fully saturated rings. The van der Waals surface area contributed by atoms with E-state index >= 15 is 0 Å². The van der Waals surface area contributed by atoms with E-state index in [1.807, 2.05) is 19.1 Å². The molecular weight excluding hydrogens is 261 g/mol. The molecule has 0 radical (unpaired) electrons. The molecule has 1 aliphatic heterocycles. The molecule has 4 nitrogen and oxygen atoms in total. The quantitative estimate of drug-likeness (QED) is 0.900. The number of carboxylic acids is 1. The van der Waals surface area contributed by atoms with Gasteiger partial charge in [-0.15, -0.1) is 0 Å². The van der Waals surface area contributed by atoms with E-state index in [9.17, 15) is 9.18 Å². The van der Waals surface area contributed by atoms with Crippen LogP contribution in [-0.4, -0.2) is 41.8 Å². The minimum Gasteiger partial charge on any atom is -0.480 e. The van der Waals surface area contributed by atoms with E-state index in [0.29, 0.717) is 5.56 Å². The van der Waals surface area contributed by atoms with Crippen LogP contribution in [0.25, 0.3) is 0 Å². The molecule has 0 aliphatic carbocycles. The Bertz CT molecular complexity index is 458. The van der Waals surface area contributed by atoms with E-state index in [4.69, 9.17) is 9.84 Å². The van der Waals surface area contributed by atoms with Gasteiger partial charge in [-0.2, -0.15) is 0 Å². The summed E-state index contributed by atoms with van der Waals surface area (Å²) in [5, 5.41) is 8.59. The second-order valence-corrected chi connectivity index (χ2v) is 5.14. The predicted molar refractivity (Wildman–Crippen MR) is 73.0 cm³/mol. The van der Waals surface area contributed by atoms with Gasteiger partial charge in [0.15, 0.2) is 0 Å². The van der Waals surface area contributed by atoms with Crippen molar-refractivity contribution in [2.45, 2.75) is 31.9 Å². The monoisotopic (exact) mass is 281 g/mol. The molecule has 1 heterocycles. The van der Waals surface area contributed by atoms with Crippen LogP contribution in [0, 0.1) is 5.82 Å². The number of hydrogen-bond acceptors (Lipinski definition) is 3. The molecule has 0 spiro atoms. The number of carbonyl (C=O) groups is 1. The molecule has 2 rings (SSSR count). The fraction of sp³-hybridized carbons (Fsp3) is 0.533. The Hall–Kier alpha value is -1.46. The van der Waals surface area contributed by atoms with Gasteiger partial charge < -0.3 is 9.84 Å². The minimum absolute atomic E-state index is 0.00447. The molecule has 110 valence electrons. The standard InChI is InChI=1S/C15H20FNO3/c1-11(13-4-2-3-5-14(13)16)17-8-6-12(7-9-17)20-10-15(18)19/h2-5,11-12H,6-10H2,1H3,(H,18,19). The Kier molecular flexibility index (Phi) is 5.09. The van der Waals surface area contributed by atoms with E-state index in [1.54, 1.807) is 6.07 Å². The van der Waals surface area contributed by atoms with E-state index in [-0.39, 0.29) is 24.6 Å². The number of nitrogens with zero attached hydrogens (tertiary/aromatic N) is 1. The van der Waals surface area contributed by atoms with Crippen molar-refractivity contribution < 1.29 is 19.0 Å². The van der Waals surface area contributed by atoms with Crippen molar-refractivity contribution in [3.8, 4) is 0 Å². The topological polar surface area (TPSA) is 49.8 Å². The van der Waals surface area contributed by atoms with Crippen LogP contribution in [0.4, 0.5) is 4.39 Å². The molecular formula is C15H20FNO3. The van der Waals surface area contributed by atoms with Gasteiger partial charge in [0.25, 0.3) is 0 Å². The molecule has 1 aromatic carbocycles. The van der Waals surface area contributed by atoms with Crippen molar-refractivity contribution in [3.05, 3.63) is 35.6 Å². The zero-order valence-electron chi connectivity index (χ0n) is 11.6. The number of halogens is 1. The molecule has 1 aliphatic rings. The molecule has 0 bridgehead atoms. The highest BCUT2D eigenvalue weighted by molar-refractivity contribution is 5.68. The summed E-state index contributed by atoms with van der Waals surface area (Å²) in [5.41, 5.74) is 0.706. The fourth-order valence-electron chi connectivity index (χ4n) is 2.63. The summed E-state index contributed by atoms with van der Waals surface area (Å²) in [6.07, 6.45) is 1.56. The number of hydrogen-bond donors (Lipinski definition) is 1. The average molecular weight is 281 g/mol. The van der Waals surface area contributed by atoms with Gasteiger partial charge in [-0.1, -0.05) is 18.2 Å². The van der Waals surface area contributed by atoms with Gasteiger partial charge >= 0.3 is 5.97 Å². The van der Waals surface area contributed by atoms with E-state index in [0.717, 1.165) is 25.9 Å². The normalized spacial score (nSPS) is 18.9. The van der Waals surface area contributed by atoms with Crippen LogP contribution in [0.3, 0.4) is 0 Å². The number of aliphatic carboxylic acids is 1. The lowest BCUT2D eigenvalue weighted by molar-refractivity contribution is -0.145. The van der Waals surface area contributed by atoms with Crippen molar-refractivity contribution in [3.63, 3.8) is 0 Å². The van der Waals surface area contributed by atoms with Crippen LogP contribution in [0.1, 0.15) is 31.4 Å². The highest BCUT2D eigenvalue weighted by atomic mass is 19.1. The molecule has 1 aromatic rings. The first-order chi connectivity index (χ1) is 9.58. The zero-order chi connectivity index (χ0) is 14.5. The summed E-state index contributed by atoms with van der Waals surface area (Å²) in [6, 6.07) is 6.85. The number of likely N-dealkylation sites (tertiary alicyclic amines) is 1. The Balaban J connectivity index is 1.87. The smallest absolute Gasteiger partial charge is 0.329 e. The van der Waals surface area contributed by atoms with Gasteiger partial charge in [0, 0.05) is 24.7 Å². The van der Waals surface area contributed by atoms with Gasteiger partial charge in [-0.05, 0) is 25.8 Å². The first-order valence-electron chi connectivity index (χ1n) is 6.90. The Morgan fingerprint density at radius 1 is 1.45 bits per heavy atom. The van der Waals surface area contributed by atoms with Crippen molar-refractivity contribution in [1.82, 2.24) is 4.90 Å². The largest absolute Gasteiger partial charge is 0.480 e. The SMILES string of the molecule is CC(c1ccccc1F)N1CCC(OCC(=O)O)CC1. The highest BCUT2D eigenvalue weighted by Gasteiger charge is 2.25. The molecule has 20 heavy (non-hydrogen) atoms. The van der Waals surface area contributed by atoms with E-state index in [2.05, 4.69) is 4.90 Å². The van der Waals surface area contributed by atoms with E-state index in [1.165, 1.54) is 6.07 Å². The summed E-state index contributed by atoms with van der Waals surface area (Å²) in [4.78, 5) is 12.7. The maximum Gasteiger partial charge on any atom is 0.329 e. The van der Waals surface area contributed by atoms with Gasteiger partial charge in [-0.3, -0.25) is 4.90 Å². The van der Waals surface area contributed by atoms with Crippen LogP contribution in [-0.2, 0) is 9.53 Å². The van der Waals surface area contributed by atoms with Crippen LogP contribution < -0.4 is 0 Å². The maximum atomic E-state index is 13.8. The van der Waals surface area contributed by atoms with E-state index < -0.39 is 5.97 Å². The molecule has 1 saturated heterocycles.